The van der Waals surface area contributed by atoms with Crippen LogP contribution in [0.1, 0.15) is 130 Å². The number of carboxylic acids is 1. The average Bonchev–Trinajstić information content (AvgIpc) is 2.75. The fraction of sp³-hybridized carbons (Fsp3) is 0.871. The Morgan fingerprint density at radius 3 is 1.54 bits per heavy atom. The number of ketones is 1. The summed E-state index contributed by atoms with van der Waals surface area (Å²) in [5.74, 6) is -0.701. The summed E-state index contributed by atoms with van der Waals surface area (Å²) in [6.07, 6.45) is 2.90. The van der Waals surface area contributed by atoms with Gasteiger partial charge in [0.05, 0.1) is 0 Å². The highest BCUT2D eigenvalue weighted by molar-refractivity contribution is 5.89. The van der Waals surface area contributed by atoms with E-state index in [-0.39, 0.29) is 17.7 Å². The zero-order chi connectivity index (χ0) is 31.6. The van der Waals surface area contributed by atoms with Gasteiger partial charge in [0.25, 0.3) is 0 Å². The lowest BCUT2D eigenvalue weighted by molar-refractivity contribution is -0.161. The summed E-state index contributed by atoms with van der Waals surface area (Å²) in [5, 5.41) is 14.0. The number of esters is 1. The molecule has 2 unspecified atom stereocenters. The van der Waals surface area contributed by atoms with Crippen LogP contribution in [0, 0.1) is 22.2 Å². The molecule has 0 bridgehead atoms. The number of aliphatic carboxylic acids is 1. The molecule has 0 fully saturated rings. The monoisotopic (exact) mass is 556 g/mol. The Morgan fingerprint density at radius 1 is 0.718 bits per heavy atom. The Hall–Kier alpha value is -1.96. The SMILES string of the molecule is CC(C)CCC(C)(C)OC(=O)C(C)NC(=O)C(C)(C)CCC(C)(C)C(=O)C(C)(C)C.CC(C)NC(C)C(=O)O. The summed E-state index contributed by atoms with van der Waals surface area (Å²) >= 11 is 0. The molecule has 0 rings (SSSR count). The number of carboxylic acid groups (broad SMARTS) is 1. The van der Waals surface area contributed by atoms with Crippen molar-refractivity contribution in [3.63, 3.8) is 0 Å². The molecule has 0 radical (unpaired) electrons. The van der Waals surface area contributed by atoms with Crippen LogP contribution in [0.25, 0.3) is 0 Å². The number of nitrogens with one attached hydrogen (secondary N) is 2. The molecule has 0 heterocycles. The third-order valence-corrected chi connectivity index (χ3v) is 6.64. The Labute approximate surface area is 238 Å². The van der Waals surface area contributed by atoms with Crippen molar-refractivity contribution in [2.24, 2.45) is 22.2 Å². The molecule has 0 aromatic heterocycles. The Kier molecular flexibility index (Phi) is 15.8. The molecule has 0 aromatic rings. The second kappa shape index (κ2) is 15.7. The number of Topliss-reactive ketones (excluding diaryl/α,β-unsaturated/α-hetero) is 1. The summed E-state index contributed by atoms with van der Waals surface area (Å²) in [5.41, 5.74) is -2.19. The van der Waals surface area contributed by atoms with Crippen molar-refractivity contribution < 1.29 is 29.0 Å². The van der Waals surface area contributed by atoms with Gasteiger partial charge >= 0.3 is 11.9 Å². The van der Waals surface area contributed by atoms with Gasteiger partial charge < -0.3 is 20.5 Å². The minimum atomic E-state index is -0.802. The maximum Gasteiger partial charge on any atom is 0.328 e. The maximum atomic E-state index is 12.8. The van der Waals surface area contributed by atoms with Gasteiger partial charge in [-0.2, -0.15) is 0 Å². The van der Waals surface area contributed by atoms with Crippen LogP contribution in [0.4, 0.5) is 0 Å². The van der Waals surface area contributed by atoms with Crippen LogP contribution in [-0.4, -0.2) is 52.5 Å². The molecule has 8 heteroatoms. The molecular weight excluding hydrogens is 496 g/mol. The predicted molar refractivity (Wildman–Crippen MR) is 158 cm³/mol. The number of ether oxygens (including phenoxy) is 1. The van der Waals surface area contributed by atoms with E-state index in [0.29, 0.717) is 18.8 Å². The molecule has 8 nitrogen and oxygen atoms in total. The summed E-state index contributed by atoms with van der Waals surface area (Å²) in [6, 6.07) is -0.930. The number of carbonyl (C=O) groups excluding carboxylic acids is 3. The van der Waals surface area contributed by atoms with E-state index in [4.69, 9.17) is 9.84 Å². The van der Waals surface area contributed by atoms with Crippen LogP contribution < -0.4 is 10.6 Å². The lowest BCUT2D eigenvalue weighted by Gasteiger charge is -2.34. The van der Waals surface area contributed by atoms with E-state index < -0.39 is 45.9 Å². The molecule has 0 aliphatic carbocycles. The fourth-order valence-corrected chi connectivity index (χ4v) is 3.94. The highest BCUT2D eigenvalue weighted by atomic mass is 16.6. The molecule has 39 heavy (non-hydrogen) atoms. The number of rotatable bonds is 14. The molecule has 1 amide bonds. The average molecular weight is 557 g/mol. The third-order valence-electron chi connectivity index (χ3n) is 6.64. The van der Waals surface area contributed by atoms with Gasteiger partial charge in [-0.3, -0.25) is 14.4 Å². The van der Waals surface area contributed by atoms with Gasteiger partial charge in [-0.15, -0.1) is 0 Å². The van der Waals surface area contributed by atoms with E-state index >= 15 is 0 Å². The molecule has 230 valence electrons. The first-order chi connectivity index (χ1) is 17.2. The summed E-state index contributed by atoms with van der Waals surface area (Å²) in [4.78, 5) is 48.2. The molecule has 0 aliphatic rings. The maximum absolute atomic E-state index is 12.8. The van der Waals surface area contributed by atoms with Gasteiger partial charge in [0.1, 0.15) is 23.5 Å². The van der Waals surface area contributed by atoms with Crippen molar-refractivity contribution in [1.82, 2.24) is 10.6 Å². The van der Waals surface area contributed by atoms with Crippen molar-refractivity contribution in [2.75, 3.05) is 0 Å². The predicted octanol–water partition coefficient (Wildman–Crippen LogP) is 6.15. The first kappa shape index (κ1) is 39.2. The number of amides is 1. The van der Waals surface area contributed by atoms with Gasteiger partial charge in [-0.25, -0.2) is 4.79 Å². The quantitative estimate of drug-likeness (QED) is 0.219. The van der Waals surface area contributed by atoms with Crippen LogP contribution >= 0.6 is 0 Å². The summed E-state index contributed by atoms with van der Waals surface area (Å²) in [6.45, 7) is 28.5. The van der Waals surface area contributed by atoms with Gasteiger partial charge in [0.2, 0.25) is 5.91 Å². The third kappa shape index (κ3) is 16.7. The van der Waals surface area contributed by atoms with Crippen LogP contribution in [0.2, 0.25) is 0 Å². The zero-order valence-corrected chi connectivity index (χ0v) is 27.6. The lowest BCUT2D eigenvalue weighted by atomic mass is 9.70. The molecule has 0 saturated carbocycles. The normalized spacial score (nSPS) is 14.3. The second-order valence-electron chi connectivity index (χ2n) is 14.5. The van der Waals surface area contributed by atoms with Gasteiger partial charge in [-0.1, -0.05) is 76.2 Å². The van der Waals surface area contributed by atoms with Gasteiger partial charge in [0, 0.05) is 22.3 Å². The fourth-order valence-electron chi connectivity index (χ4n) is 3.94. The van der Waals surface area contributed by atoms with Crippen molar-refractivity contribution >= 4 is 23.6 Å². The zero-order valence-electron chi connectivity index (χ0n) is 27.6. The summed E-state index contributed by atoms with van der Waals surface area (Å²) < 4.78 is 5.65. The minimum Gasteiger partial charge on any atom is -0.480 e. The number of carbonyl (C=O) groups is 4. The van der Waals surface area contributed by atoms with Crippen LogP contribution in [0.5, 0.6) is 0 Å². The molecule has 0 spiro atoms. The highest BCUT2D eigenvalue weighted by Crippen LogP contribution is 2.36. The smallest absolute Gasteiger partial charge is 0.328 e. The number of hydrogen-bond acceptors (Lipinski definition) is 6. The van der Waals surface area contributed by atoms with Gasteiger partial charge in [-0.05, 0) is 59.3 Å². The minimum absolute atomic E-state index is 0.187. The van der Waals surface area contributed by atoms with E-state index in [1.807, 2.05) is 76.2 Å². The van der Waals surface area contributed by atoms with Crippen LogP contribution in [0.3, 0.4) is 0 Å². The van der Waals surface area contributed by atoms with E-state index in [9.17, 15) is 19.2 Å². The summed E-state index contributed by atoms with van der Waals surface area (Å²) in [7, 11) is 0. The van der Waals surface area contributed by atoms with Gasteiger partial charge in [0.15, 0.2) is 0 Å². The van der Waals surface area contributed by atoms with E-state index in [2.05, 4.69) is 24.5 Å². The standard InChI is InChI=1S/C25H47NO4.C6H13NO2/c1-17(2)13-14-25(11,12)30-19(27)18(3)26-21(29)24(9,10)16-15-23(7,8)20(28)22(4,5)6;1-4(2)7-5(3)6(8)9/h17-18H,13-16H2,1-12H3,(H,26,29);4-5,7H,1-3H3,(H,8,9). The lowest BCUT2D eigenvalue weighted by Crippen LogP contribution is -2.47. The van der Waals surface area contributed by atoms with Crippen molar-refractivity contribution in [3.8, 4) is 0 Å². The van der Waals surface area contributed by atoms with E-state index in [1.165, 1.54) is 0 Å². The molecule has 0 aliphatic heterocycles. The van der Waals surface area contributed by atoms with Crippen LogP contribution in [0.15, 0.2) is 0 Å². The highest BCUT2D eigenvalue weighted by Gasteiger charge is 2.39. The Bertz CT molecular complexity index is 806. The largest absolute Gasteiger partial charge is 0.480 e. The first-order valence-electron chi connectivity index (χ1n) is 14.3. The van der Waals surface area contributed by atoms with Crippen LogP contribution in [-0.2, 0) is 23.9 Å². The Balaban J connectivity index is 0. The van der Waals surface area contributed by atoms with Crippen molar-refractivity contribution in [3.05, 3.63) is 0 Å². The van der Waals surface area contributed by atoms with Crippen molar-refractivity contribution in [1.29, 1.82) is 0 Å². The molecule has 2 atom stereocenters. The molecular formula is C31H60N2O6. The molecule has 0 saturated heterocycles. The topological polar surface area (TPSA) is 122 Å². The molecule has 0 aromatic carbocycles. The Morgan fingerprint density at radius 2 is 1.18 bits per heavy atom. The molecule has 3 N–H and O–H groups in total. The van der Waals surface area contributed by atoms with E-state index in [0.717, 1.165) is 12.8 Å². The van der Waals surface area contributed by atoms with E-state index in [1.54, 1.807) is 13.8 Å². The second-order valence-corrected chi connectivity index (χ2v) is 14.5. The van der Waals surface area contributed by atoms with Crippen molar-refractivity contribution in [2.45, 2.75) is 153 Å². The number of hydrogen-bond donors (Lipinski definition) is 3. The first-order valence-corrected chi connectivity index (χ1v) is 14.3.